The molecule has 1 N–H and O–H groups in total. The number of nitrogens with zero attached hydrogens (tertiary/aromatic N) is 2. The lowest BCUT2D eigenvalue weighted by Gasteiger charge is -2.47. The molecule has 120 valence electrons. The van der Waals surface area contributed by atoms with Crippen molar-refractivity contribution in [2.45, 2.75) is 71.4 Å². The van der Waals surface area contributed by atoms with Gasteiger partial charge in [-0.15, -0.1) is 11.3 Å². The fourth-order valence-electron chi connectivity index (χ4n) is 3.94. The van der Waals surface area contributed by atoms with Gasteiger partial charge in [0.05, 0.1) is 5.01 Å². The van der Waals surface area contributed by atoms with Crippen LogP contribution in [0.25, 0.3) is 0 Å². The number of nitrogens with one attached hydrogen (secondary N) is 1. The van der Waals surface area contributed by atoms with Crippen LogP contribution in [0.15, 0.2) is 5.38 Å². The van der Waals surface area contributed by atoms with Gasteiger partial charge in [0, 0.05) is 29.1 Å². The van der Waals surface area contributed by atoms with Gasteiger partial charge in [0.25, 0.3) is 0 Å². The van der Waals surface area contributed by atoms with Crippen LogP contribution in [0.5, 0.6) is 0 Å². The third-order valence-corrected chi connectivity index (χ3v) is 6.09. The molecule has 1 unspecified atom stereocenters. The summed E-state index contributed by atoms with van der Waals surface area (Å²) in [4.78, 5) is 7.45. The fourth-order valence-corrected chi connectivity index (χ4v) is 4.76. The second kappa shape index (κ2) is 7.70. The maximum atomic E-state index is 4.70. The zero-order valence-corrected chi connectivity index (χ0v) is 14.9. The summed E-state index contributed by atoms with van der Waals surface area (Å²) in [7, 11) is 0. The van der Waals surface area contributed by atoms with Gasteiger partial charge >= 0.3 is 0 Å². The number of aryl methyl sites for hydroxylation is 1. The molecule has 1 fully saturated rings. The molecule has 4 heteroatoms. The summed E-state index contributed by atoms with van der Waals surface area (Å²) in [6.45, 7) is 12.6. The number of likely N-dealkylation sites (N-methyl/N-ethyl adjacent to an activating group) is 1. The highest BCUT2D eigenvalue weighted by Crippen LogP contribution is 2.33. The number of hydrogen-bond donors (Lipinski definition) is 1. The zero-order chi connectivity index (χ0) is 15.3. The van der Waals surface area contributed by atoms with Crippen molar-refractivity contribution in [2.24, 2.45) is 0 Å². The van der Waals surface area contributed by atoms with Crippen LogP contribution >= 0.6 is 11.3 Å². The summed E-state index contributed by atoms with van der Waals surface area (Å²) < 4.78 is 0. The van der Waals surface area contributed by atoms with Crippen LogP contribution in [-0.2, 0) is 6.42 Å². The van der Waals surface area contributed by atoms with Crippen molar-refractivity contribution in [3.8, 4) is 0 Å². The minimum Gasteiger partial charge on any atom is -0.312 e. The van der Waals surface area contributed by atoms with Crippen LogP contribution < -0.4 is 5.32 Å². The second-order valence-corrected chi connectivity index (χ2v) is 7.14. The SMILES string of the molecule is CCNC(Cc1nc(C)cs1)C(CC)(CC)N1CCCC1. The zero-order valence-electron chi connectivity index (χ0n) is 14.1. The van der Waals surface area contributed by atoms with Gasteiger partial charge in [-0.3, -0.25) is 4.90 Å². The smallest absolute Gasteiger partial charge is 0.0944 e. The van der Waals surface area contributed by atoms with Crippen molar-refractivity contribution in [1.82, 2.24) is 15.2 Å². The Morgan fingerprint density at radius 1 is 1.29 bits per heavy atom. The highest BCUT2D eigenvalue weighted by molar-refractivity contribution is 7.09. The second-order valence-electron chi connectivity index (χ2n) is 6.20. The summed E-state index contributed by atoms with van der Waals surface area (Å²) in [5.41, 5.74) is 1.44. The monoisotopic (exact) mass is 309 g/mol. The molecular formula is C17H31N3S. The first-order valence-electron chi connectivity index (χ1n) is 8.55. The summed E-state index contributed by atoms with van der Waals surface area (Å²) in [6.07, 6.45) is 6.20. The van der Waals surface area contributed by atoms with Crippen LogP contribution in [0.3, 0.4) is 0 Å². The average Bonchev–Trinajstić information content (AvgIpc) is 3.13. The molecule has 0 saturated carbocycles. The standard InChI is InChI=1S/C17H31N3S/c1-5-17(6-2,20-10-8-9-11-20)15(18-7-3)12-16-19-14(4)13-21-16/h13,15,18H,5-12H2,1-4H3. The fraction of sp³-hybridized carbons (Fsp3) is 0.824. The molecule has 1 atom stereocenters. The molecule has 0 radical (unpaired) electrons. The molecule has 3 nitrogen and oxygen atoms in total. The molecule has 1 saturated heterocycles. The molecule has 1 aliphatic rings. The summed E-state index contributed by atoms with van der Waals surface area (Å²) in [5.74, 6) is 0. The summed E-state index contributed by atoms with van der Waals surface area (Å²) in [6, 6.07) is 0.501. The van der Waals surface area contributed by atoms with E-state index >= 15 is 0 Å². The third-order valence-electron chi connectivity index (χ3n) is 5.10. The maximum Gasteiger partial charge on any atom is 0.0944 e. The lowest BCUT2D eigenvalue weighted by Crippen LogP contribution is -2.61. The molecule has 0 bridgehead atoms. The molecule has 1 aromatic rings. The van der Waals surface area contributed by atoms with E-state index in [9.17, 15) is 0 Å². The Morgan fingerprint density at radius 2 is 1.95 bits per heavy atom. The minimum atomic E-state index is 0.284. The molecule has 0 aliphatic carbocycles. The predicted octanol–water partition coefficient (Wildman–Crippen LogP) is 3.63. The van der Waals surface area contributed by atoms with Crippen molar-refractivity contribution in [3.63, 3.8) is 0 Å². The first-order valence-corrected chi connectivity index (χ1v) is 9.43. The molecule has 0 aromatic carbocycles. The topological polar surface area (TPSA) is 28.2 Å². The lowest BCUT2D eigenvalue weighted by atomic mass is 9.81. The van der Waals surface area contributed by atoms with Gasteiger partial charge in [0.15, 0.2) is 0 Å². The van der Waals surface area contributed by atoms with E-state index in [1.54, 1.807) is 0 Å². The number of aromatic nitrogens is 1. The van der Waals surface area contributed by atoms with Crippen molar-refractivity contribution < 1.29 is 0 Å². The quantitative estimate of drug-likeness (QED) is 0.795. The van der Waals surface area contributed by atoms with Gasteiger partial charge in [-0.25, -0.2) is 4.98 Å². The van der Waals surface area contributed by atoms with Crippen LogP contribution in [-0.4, -0.2) is 41.1 Å². The first kappa shape index (κ1) is 16.9. The largest absolute Gasteiger partial charge is 0.312 e. The van der Waals surface area contributed by atoms with E-state index in [2.05, 4.69) is 43.3 Å². The summed E-state index contributed by atoms with van der Waals surface area (Å²) in [5, 5.41) is 7.24. The Balaban J connectivity index is 2.22. The highest BCUT2D eigenvalue weighted by Gasteiger charge is 2.41. The van der Waals surface area contributed by atoms with Crippen molar-refractivity contribution in [1.29, 1.82) is 0 Å². The van der Waals surface area contributed by atoms with Gasteiger partial charge in [0.2, 0.25) is 0 Å². The van der Waals surface area contributed by atoms with Gasteiger partial charge < -0.3 is 5.32 Å². The van der Waals surface area contributed by atoms with E-state index in [4.69, 9.17) is 4.98 Å². The van der Waals surface area contributed by atoms with E-state index < -0.39 is 0 Å². The van der Waals surface area contributed by atoms with E-state index in [-0.39, 0.29) is 5.54 Å². The molecule has 21 heavy (non-hydrogen) atoms. The number of rotatable bonds is 8. The highest BCUT2D eigenvalue weighted by atomic mass is 32.1. The Kier molecular flexibility index (Phi) is 6.20. The van der Waals surface area contributed by atoms with Crippen LogP contribution in [0.4, 0.5) is 0 Å². The lowest BCUT2D eigenvalue weighted by molar-refractivity contribution is 0.0626. The van der Waals surface area contributed by atoms with Crippen molar-refractivity contribution >= 4 is 11.3 Å². The Hall–Kier alpha value is -0.450. The number of likely N-dealkylation sites (tertiary alicyclic amines) is 1. The number of hydrogen-bond acceptors (Lipinski definition) is 4. The summed E-state index contributed by atoms with van der Waals surface area (Å²) >= 11 is 1.81. The Labute approximate surface area is 134 Å². The van der Waals surface area contributed by atoms with Crippen LogP contribution in [0, 0.1) is 6.92 Å². The minimum absolute atomic E-state index is 0.284. The van der Waals surface area contributed by atoms with Gasteiger partial charge in [-0.2, -0.15) is 0 Å². The molecular weight excluding hydrogens is 278 g/mol. The molecule has 2 heterocycles. The normalized spacial score (nSPS) is 18.3. The van der Waals surface area contributed by atoms with E-state index in [0.717, 1.165) is 18.7 Å². The van der Waals surface area contributed by atoms with E-state index in [0.29, 0.717) is 6.04 Å². The molecule has 0 amide bonds. The van der Waals surface area contributed by atoms with Gasteiger partial charge in [-0.05, 0) is 52.2 Å². The van der Waals surface area contributed by atoms with Gasteiger partial charge in [0.1, 0.15) is 0 Å². The van der Waals surface area contributed by atoms with Crippen molar-refractivity contribution in [3.05, 3.63) is 16.1 Å². The molecule has 1 aromatic heterocycles. The van der Waals surface area contributed by atoms with Crippen LogP contribution in [0.1, 0.15) is 57.2 Å². The third kappa shape index (κ3) is 3.66. The first-order chi connectivity index (χ1) is 10.2. The van der Waals surface area contributed by atoms with E-state index in [1.807, 2.05) is 11.3 Å². The molecule has 1 aliphatic heterocycles. The average molecular weight is 310 g/mol. The van der Waals surface area contributed by atoms with Crippen LogP contribution in [0.2, 0.25) is 0 Å². The molecule has 2 rings (SSSR count). The predicted molar refractivity (Wildman–Crippen MR) is 92.1 cm³/mol. The van der Waals surface area contributed by atoms with E-state index in [1.165, 1.54) is 43.8 Å². The van der Waals surface area contributed by atoms with Crippen molar-refractivity contribution in [2.75, 3.05) is 19.6 Å². The molecule has 0 spiro atoms. The number of thiazole rings is 1. The maximum absolute atomic E-state index is 4.70. The Bertz CT molecular complexity index is 419. The Morgan fingerprint density at radius 3 is 2.43 bits per heavy atom. The van der Waals surface area contributed by atoms with Gasteiger partial charge in [-0.1, -0.05) is 20.8 Å².